The van der Waals surface area contributed by atoms with Crippen LogP contribution >= 0.6 is 11.3 Å². The molecular formula is C24H24N4O5S. The minimum atomic E-state index is -0.445. The maximum Gasteiger partial charge on any atom is 0.282 e. The monoisotopic (exact) mass is 480 g/mol. The number of nitro groups is 1. The van der Waals surface area contributed by atoms with Crippen LogP contribution in [0.1, 0.15) is 37.7 Å². The molecule has 0 unspecified atom stereocenters. The largest absolute Gasteiger partial charge is 0.497 e. The first kappa shape index (κ1) is 22.1. The number of fused-ring (bicyclic) bond motifs is 1. The van der Waals surface area contributed by atoms with Gasteiger partial charge in [0.15, 0.2) is 11.5 Å². The summed E-state index contributed by atoms with van der Waals surface area (Å²) in [4.78, 5) is 17.0. The van der Waals surface area contributed by atoms with E-state index in [0.29, 0.717) is 17.1 Å². The van der Waals surface area contributed by atoms with Crippen molar-refractivity contribution in [3.63, 3.8) is 0 Å². The summed E-state index contributed by atoms with van der Waals surface area (Å²) in [6.07, 6.45) is 7.22. The summed E-state index contributed by atoms with van der Waals surface area (Å²) in [6.45, 7) is 0.0401. The second-order valence-electron chi connectivity index (χ2n) is 8.13. The molecule has 9 nitrogen and oxygen atoms in total. The molecular weight excluding hydrogens is 456 g/mol. The highest BCUT2D eigenvalue weighted by molar-refractivity contribution is 7.07. The van der Waals surface area contributed by atoms with Gasteiger partial charge in [0.25, 0.3) is 5.69 Å². The molecule has 176 valence electrons. The number of ether oxygens (including phenoxy) is 3. The molecule has 3 aromatic rings. The summed E-state index contributed by atoms with van der Waals surface area (Å²) in [6, 6.07) is 10.9. The van der Waals surface area contributed by atoms with Gasteiger partial charge in [-0.25, -0.2) is 4.68 Å². The Hall–Kier alpha value is -3.66. The van der Waals surface area contributed by atoms with Crippen molar-refractivity contribution >= 4 is 23.2 Å². The molecule has 1 aromatic heterocycles. The summed E-state index contributed by atoms with van der Waals surface area (Å²) in [5, 5.41) is 18.3. The predicted octanol–water partition coefficient (Wildman–Crippen LogP) is 4.98. The summed E-state index contributed by atoms with van der Waals surface area (Å²) in [7, 11) is 1.63. The molecule has 10 heteroatoms. The second-order valence-corrected chi connectivity index (χ2v) is 8.97. The van der Waals surface area contributed by atoms with Gasteiger partial charge in [0.1, 0.15) is 5.75 Å². The van der Waals surface area contributed by atoms with Gasteiger partial charge in [-0.3, -0.25) is 15.1 Å². The number of thiazole rings is 1. The van der Waals surface area contributed by atoms with Crippen LogP contribution in [0.3, 0.4) is 0 Å². The van der Waals surface area contributed by atoms with Crippen LogP contribution in [0.2, 0.25) is 0 Å². The maximum absolute atomic E-state index is 11.7. The number of benzene rings is 2. The molecule has 1 fully saturated rings. The van der Waals surface area contributed by atoms with E-state index >= 15 is 0 Å². The van der Waals surface area contributed by atoms with Gasteiger partial charge in [-0.15, -0.1) is 11.3 Å². The van der Waals surface area contributed by atoms with E-state index < -0.39 is 4.92 Å². The first-order chi connectivity index (χ1) is 16.6. The van der Waals surface area contributed by atoms with Gasteiger partial charge in [-0.1, -0.05) is 19.3 Å². The summed E-state index contributed by atoms with van der Waals surface area (Å²) in [5.74, 6) is 1.58. The van der Waals surface area contributed by atoms with Crippen molar-refractivity contribution < 1.29 is 19.1 Å². The highest BCUT2D eigenvalue weighted by atomic mass is 32.1. The van der Waals surface area contributed by atoms with Crippen LogP contribution in [-0.4, -0.2) is 35.8 Å². The number of rotatable bonds is 6. The van der Waals surface area contributed by atoms with Crippen molar-refractivity contribution in [1.29, 1.82) is 0 Å². The Morgan fingerprint density at radius 1 is 1.15 bits per heavy atom. The topological polar surface area (TPSA) is 100 Å². The number of hydrogen-bond acceptors (Lipinski definition) is 8. The fourth-order valence-electron chi connectivity index (χ4n) is 4.15. The summed E-state index contributed by atoms with van der Waals surface area (Å²) in [5.41, 5.74) is 2.03. The van der Waals surface area contributed by atoms with Gasteiger partial charge >= 0.3 is 0 Å². The van der Waals surface area contributed by atoms with Gasteiger partial charge in [0.2, 0.25) is 11.6 Å². The lowest BCUT2D eigenvalue weighted by molar-refractivity contribution is -0.385. The zero-order chi connectivity index (χ0) is 23.5. The van der Waals surface area contributed by atoms with E-state index in [2.05, 4.69) is 5.10 Å². The molecule has 2 aromatic carbocycles. The molecule has 0 spiro atoms. The van der Waals surface area contributed by atoms with Crippen molar-refractivity contribution in [2.45, 2.75) is 38.1 Å². The minimum absolute atomic E-state index is 0.0401. The van der Waals surface area contributed by atoms with E-state index in [1.165, 1.54) is 42.9 Å². The van der Waals surface area contributed by atoms with Crippen LogP contribution in [0.5, 0.6) is 17.2 Å². The smallest absolute Gasteiger partial charge is 0.282 e. The lowest BCUT2D eigenvalue weighted by Crippen LogP contribution is -2.19. The molecule has 0 radical (unpaired) electrons. The molecule has 0 saturated heterocycles. The van der Waals surface area contributed by atoms with E-state index in [1.54, 1.807) is 17.9 Å². The molecule has 2 heterocycles. The molecule has 5 rings (SSSR count). The molecule has 0 amide bonds. The normalized spacial score (nSPS) is 16.3. The van der Waals surface area contributed by atoms with Crippen molar-refractivity contribution in [1.82, 2.24) is 4.68 Å². The SMILES string of the molecule is COc1ccc(-c2csc(=NC3CCCCC3)n2N=Cc2cc3c(cc2[N+](=O)[O-])OCO3)cc1. The van der Waals surface area contributed by atoms with Crippen LogP contribution in [0.4, 0.5) is 5.69 Å². The number of aromatic nitrogens is 1. The van der Waals surface area contributed by atoms with E-state index in [4.69, 9.17) is 19.2 Å². The minimum Gasteiger partial charge on any atom is -0.497 e. The Morgan fingerprint density at radius 3 is 2.59 bits per heavy atom. The molecule has 2 aliphatic rings. The molecule has 34 heavy (non-hydrogen) atoms. The van der Waals surface area contributed by atoms with E-state index in [-0.39, 0.29) is 18.5 Å². The average Bonchev–Trinajstić information content (AvgIpc) is 3.49. The van der Waals surface area contributed by atoms with Gasteiger partial charge in [-0.05, 0) is 43.2 Å². The number of methoxy groups -OCH3 is 1. The lowest BCUT2D eigenvalue weighted by atomic mass is 9.96. The third-order valence-electron chi connectivity index (χ3n) is 5.97. The van der Waals surface area contributed by atoms with Gasteiger partial charge in [-0.2, -0.15) is 5.10 Å². The van der Waals surface area contributed by atoms with E-state index in [1.807, 2.05) is 29.6 Å². The molecule has 1 saturated carbocycles. The second kappa shape index (κ2) is 9.68. The fraction of sp³-hybridized carbons (Fsp3) is 0.333. The highest BCUT2D eigenvalue weighted by Gasteiger charge is 2.23. The molecule has 0 atom stereocenters. The first-order valence-electron chi connectivity index (χ1n) is 11.1. The molecule has 0 N–H and O–H groups in total. The zero-order valence-electron chi connectivity index (χ0n) is 18.7. The summed E-state index contributed by atoms with van der Waals surface area (Å²) < 4.78 is 17.7. The third-order valence-corrected chi connectivity index (χ3v) is 6.80. The van der Waals surface area contributed by atoms with E-state index in [0.717, 1.165) is 34.6 Å². The summed E-state index contributed by atoms with van der Waals surface area (Å²) >= 11 is 1.51. The van der Waals surface area contributed by atoms with Crippen molar-refractivity contribution in [2.75, 3.05) is 13.9 Å². The molecule has 1 aliphatic heterocycles. The molecule has 1 aliphatic carbocycles. The van der Waals surface area contributed by atoms with Crippen molar-refractivity contribution in [3.8, 4) is 28.5 Å². The number of hydrogen-bond donors (Lipinski definition) is 0. The van der Waals surface area contributed by atoms with Crippen LogP contribution in [0.15, 0.2) is 51.9 Å². The van der Waals surface area contributed by atoms with Gasteiger partial charge in [0, 0.05) is 10.9 Å². The Bertz CT molecular complexity index is 1290. The third kappa shape index (κ3) is 4.54. The number of nitrogens with zero attached hydrogens (tertiary/aromatic N) is 4. The quantitative estimate of drug-likeness (QED) is 0.281. The van der Waals surface area contributed by atoms with Crippen molar-refractivity contribution in [3.05, 3.63) is 62.3 Å². The Kier molecular flexibility index (Phi) is 6.31. The van der Waals surface area contributed by atoms with Crippen LogP contribution in [0, 0.1) is 10.1 Å². The molecule has 0 bridgehead atoms. The van der Waals surface area contributed by atoms with Crippen LogP contribution in [-0.2, 0) is 0 Å². The Morgan fingerprint density at radius 2 is 1.88 bits per heavy atom. The highest BCUT2D eigenvalue weighted by Crippen LogP contribution is 2.37. The van der Waals surface area contributed by atoms with Gasteiger partial charge in [0.05, 0.1) is 41.6 Å². The standard InChI is InChI=1S/C24H24N4O5S/c1-31-19-9-7-16(8-10-19)21-14-34-24(26-18-5-3-2-4-6-18)27(21)25-13-17-11-22-23(33-15-32-22)12-20(17)28(29)30/h7-14,18H,2-6,15H2,1H3. The Labute approximate surface area is 200 Å². The lowest BCUT2D eigenvalue weighted by Gasteiger charge is -2.16. The predicted molar refractivity (Wildman–Crippen MR) is 129 cm³/mol. The van der Waals surface area contributed by atoms with Crippen LogP contribution < -0.4 is 19.0 Å². The van der Waals surface area contributed by atoms with Crippen molar-refractivity contribution in [2.24, 2.45) is 10.1 Å². The average molecular weight is 481 g/mol. The first-order valence-corrected chi connectivity index (χ1v) is 12.0. The number of nitro benzene ring substituents is 1. The Balaban J connectivity index is 1.59. The van der Waals surface area contributed by atoms with Crippen LogP contribution in [0.25, 0.3) is 11.3 Å². The van der Waals surface area contributed by atoms with E-state index in [9.17, 15) is 10.1 Å². The zero-order valence-corrected chi connectivity index (χ0v) is 19.5. The maximum atomic E-state index is 11.7. The van der Waals surface area contributed by atoms with Gasteiger partial charge < -0.3 is 14.2 Å². The fourth-order valence-corrected chi connectivity index (χ4v) is 5.06.